The fraction of sp³-hybridized carbons (Fsp3) is 0.462. The maximum atomic E-state index is 11.5. The van der Waals surface area contributed by atoms with Crippen molar-refractivity contribution in [1.29, 1.82) is 0 Å². The molecule has 0 aromatic heterocycles. The van der Waals surface area contributed by atoms with Crippen LogP contribution in [0.25, 0.3) is 0 Å². The van der Waals surface area contributed by atoms with Crippen molar-refractivity contribution in [3.8, 4) is 5.75 Å². The van der Waals surface area contributed by atoms with Gasteiger partial charge in [-0.15, -0.1) is 11.8 Å². The average molecular weight is 269 g/mol. The Morgan fingerprint density at radius 2 is 2.11 bits per heavy atom. The second-order valence-electron chi connectivity index (χ2n) is 3.95. The number of nitrogens with one attached hydrogen (secondary N) is 1. The van der Waals surface area contributed by atoms with Gasteiger partial charge in [-0.2, -0.15) is 0 Å². The third kappa shape index (κ3) is 5.93. The highest BCUT2D eigenvalue weighted by molar-refractivity contribution is 8.00. The Balaban J connectivity index is 2.24. The van der Waals surface area contributed by atoms with E-state index in [1.807, 2.05) is 24.3 Å². The first-order valence-electron chi connectivity index (χ1n) is 5.83. The van der Waals surface area contributed by atoms with Gasteiger partial charge in [-0.3, -0.25) is 4.79 Å². The highest BCUT2D eigenvalue weighted by Crippen LogP contribution is 2.20. The minimum absolute atomic E-state index is 0.0172. The Morgan fingerprint density at radius 3 is 2.67 bits per heavy atom. The van der Waals surface area contributed by atoms with Gasteiger partial charge < -0.3 is 15.2 Å². The van der Waals surface area contributed by atoms with E-state index in [1.54, 1.807) is 14.0 Å². The first-order valence-corrected chi connectivity index (χ1v) is 6.82. The van der Waals surface area contributed by atoms with Crippen molar-refractivity contribution in [2.45, 2.75) is 24.3 Å². The smallest absolute Gasteiger partial charge is 0.230 e. The molecule has 4 nitrogen and oxygen atoms in total. The molecule has 2 N–H and O–H groups in total. The van der Waals surface area contributed by atoms with Gasteiger partial charge in [0.25, 0.3) is 0 Å². The summed E-state index contributed by atoms with van der Waals surface area (Å²) in [6.07, 6.45) is 0.207. The van der Waals surface area contributed by atoms with Gasteiger partial charge in [0.05, 0.1) is 19.0 Å². The third-order valence-corrected chi connectivity index (χ3v) is 3.33. The van der Waals surface area contributed by atoms with Crippen LogP contribution in [0.15, 0.2) is 29.2 Å². The summed E-state index contributed by atoms with van der Waals surface area (Å²) < 4.78 is 5.06. The zero-order chi connectivity index (χ0) is 13.4. The van der Waals surface area contributed by atoms with Gasteiger partial charge >= 0.3 is 0 Å². The number of benzene rings is 1. The van der Waals surface area contributed by atoms with Crippen LogP contribution in [-0.2, 0) is 4.79 Å². The molecule has 1 amide bonds. The van der Waals surface area contributed by atoms with Crippen molar-refractivity contribution >= 4 is 17.7 Å². The summed E-state index contributed by atoms with van der Waals surface area (Å²) in [5.41, 5.74) is 0. The summed E-state index contributed by atoms with van der Waals surface area (Å²) >= 11 is 1.48. The number of amides is 1. The zero-order valence-electron chi connectivity index (χ0n) is 10.7. The maximum absolute atomic E-state index is 11.5. The highest BCUT2D eigenvalue weighted by atomic mass is 32.2. The van der Waals surface area contributed by atoms with Gasteiger partial charge in [0, 0.05) is 11.4 Å². The monoisotopic (exact) mass is 269 g/mol. The van der Waals surface area contributed by atoms with E-state index in [2.05, 4.69) is 5.32 Å². The van der Waals surface area contributed by atoms with Gasteiger partial charge in [-0.1, -0.05) is 0 Å². The Bertz CT molecular complexity index is 365. The molecule has 0 aliphatic carbocycles. The molecule has 18 heavy (non-hydrogen) atoms. The number of carbonyl (C=O) groups excluding carboxylic acids is 1. The average Bonchev–Trinajstić information content (AvgIpc) is 2.36. The van der Waals surface area contributed by atoms with Crippen LogP contribution in [0.5, 0.6) is 5.75 Å². The van der Waals surface area contributed by atoms with E-state index >= 15 is 0 Å². The minimum Gasteiger partial charge on any atom is -0.497 e. The summed E-state index contributed by atoms with van der Waals surface area (Å²) in [4.78, 5) is 12.5. The summed E-state index contributed by atoms with van der Waals surface area (Å²) in [5, 5.41) is 11.8. The fourth-order valence-corrected chi connectivity index (χ4v) is 2.02. The van der Waals surface area contributed by atoms with E-state index < -0.39 is 0 Å². The topological polar surface area (TPSA) is 58.6 Å². The van der Waals surface area contributed by atoms with Crippen LogP contribution in [-0.4, -0.2) is 36.5 Å². The van der Waals surface area contributed by atoms with E-state index in [-0.39, 0.29) is 12.0 Å². The molecule has 0 heterocycles. The quantitative estimate of drug-likeness (QED) is 0.739. The molecule has 0 aliphatic heterocycles. The van der Waals surface area contributed by atoms with Crippen LogP contribution < -0.4 is 10.1 Å². The molecule has 0 spiro atoms. The van der Waals surface area contributed by atoms with Crippen LogP contribution in [0, 0.1) is 0 Å². The number of aliphatic hydroxyl groups excluding tert-OH is 1. The first kappa shape index (κ1) is 14.9. The number of hydrogen-bond acceptors (Lipinski definition) is 4. The molecular formula is C13H19NO3S. The fourth-order valence-electron chi connectivity index (χ4n) is 1.29. The lowest BCUT2D eigenvalue weighted by Gasteiger charge is -2.07. The van der Waals surface area contributed by atoms with Crippen LogP contribution in [0.3, 0.4) is 0 Å². The summed E-state index contributed by atoms with van der Waals surface area (Å²) in [6, 6.07) is 7.58. The second-order valence-corrected chi connectivity index (χ2v) is 5.00. The summed E-state index contributed by atoms with van der Waals surface area (Å²) in [5.74, 6) is 1.17. The van der Waals surface area contributed by atoms with Crippen molar-refractivity contribution in [3.63, 3.8) is 0 Å². The van der Waals surface area contributed by atoms with Crippen molar-refractivity contribution in [2.75, 3.05) is 19.4 Å². The van der Waals surface area contributed by atoms with Gasteiger partial charge in [-0.25, -0.2) is 0 Å². The Hall–Kier alpha value is -1.20. The predicted octanol–water partition coefficient (Wildman–Crippen LogP) is 1.67. The van der Waals surface area contributed by atoms with E-state index in [0.717, 1.165) is 10.6 Å². The number of aliphatic hydroxyl groups is 1. The Labute approximate surface area is 112 Å². The highest BCUT2D eigenvalue weighted by Gasteiger charge is 2.03. The number of rotatable bonds is 7. The van der Waals surface area contributed by atoms with Crippen molar-refractivity contribution < 1.29 is 14.6 Å². The molecule has 1 aromatic rings. The normalized spacial score (nSPS) is 11.9. The Kier molecular flexibility index (Phi) is 6.60. The molecule has 0 fully saturated rings. The molecule has 1 unspecified atom stereocenters. The van der Waals surface area contributed by atoms with E-state index in [1.165, 1.54) is 11.8 Å². The van der Waals surface area contributed by atoms with Crippen molar-refractivity contribution in [3.05, 3.63) is 24.3 Å². The number of thioether (sulfide) groups is 1. The second kappa shape index (κ2) is 8.00. The summed E-state index contributed by atoms with van der Waals surface area (Å²) in [7, 11) is 1.62. The van der Waals surface area contributed by atoms with Gasteiger partial charge in [0.1, 0.15) is 5.75 Å². The third-order valence-electron chi connectivity index (χ3n) is 2.31. The first-order chi connectivity index (χ1) is 8.61. The lowest BCUT2D eigenvalue weighted by Crippen LogP contribution is -2.27. The Morgan fingerprint density at radius 1 is 1.44 bits per heavy atom. The molecule has 5 heteroatoms. The van der Waals surface area contributed by atoms with Crippen LogP contribution in [0.1, 0.15) is 13.3 Å². The zero-order valence-corrected chi connectivity index (χ0v) is 11.5. The lowest BCUT2D eigenvalue weighted by atomic mass is 10.3. The number of hydrogen-bond donors (Lipinski definition) is 2. The van der Waals surface area contributed by atoms with Gasteiger partial charge in [0.15, 0.2) is 0 Å². The number of methoxy groups -OCH3 is 1. The molecule has 0 radical (unpaired) electrons. The molecule has 0 saturated carbocycles. The predicted molar refractivity (Wildman–Crippen MR) is 73.0 cm³/mol. The van der Waals surface area contributed by atoms with E-state index in [9.17, 15) is 4.79 Å². The van der Waals surface area contributed by atoms with Crippen LogP contribution in [0.2, 0.25) is 0 Å². The van der Waals surface area contributed by atoms with Gasteiger partial charge in [0.2, 0.25) is 5.91 Å². The largest absolute Gasteiger partial charge is 0.497 e. The van der Waals surface area contributed by atoms with Crippen molar-refractivity contribution in [2.24, 2.45) is 0 Å². The van der Waals surface area contributed by atoms with Crippen LogP contribution in [0.4, 0.5) is 0 Å². The molecule has 0 aliphatic rings. The molecule has 0 bridgehead atoms. The van der Waals surface area contributed by atoms with E-state index in [0.29, 0.717) is 18.7 Å². The minimum atomic E-state index is -0.375. The lowest BCUT2D eigenvalue weighted by molar-refractivity contribution is -0.118. The SMILES string of the molecule is COc1ccc(SCC(=O)NCCC(C)O)cc1. The molecule has 100 valence electrons. The number of carbonyl (C=O) groups is 1. The standard InChI is InChI=1S/C13H19NO3S/c1-10(15)7-8-14-13(16)9-18-12-5-3-11(17-2)4-6-12/h3-6,10,15H,7-9H2,1-2H3,(H,14,16). The van der Waals surface area contributed by atoms with Crippen LogP contribution >= 0.6 is 11.8 Å². The maximum Gasteiger partial charge on any atom is 0.230 e. The molecule has 1 aromatic carbocycles. The van der Waals surface area contributed by atoms with E-state index in [4.69, 9.17) is 9.84 Å². The van der Waals surface area contributed by atoms with Gasteiger partial charge in [-0.05, 0) is 37.6 Å². The summed E-state index contributed by atoms with van der Waals surface area (Å²) in [6.45, 7) is 2.22. The van der Waals surface area contributed by atoms with Crippen molar-refractivity contribution in [1.82, 2.24) is 5.32 Å². The molecule has 0 saturated heterocycles. The number of ether oxygens (including phenoxy) is 1. The molecular weight excluding hydrogens is 250 g/mol. The molecule has 1 rings (SSSR count). The molecule has 1 atom stereocenters.